The Bertz CT molecular complexity index is 1050. The largest absolute Gasteiger partial charge is 0.319 e. The molecule has 0 spiro atoms. The zero-order valence-electron chi connectivity index (χ0n) is 13.0. The second kappa shape index (κ2) is 6.37. The molecule has 1 amide bonds. The van der Waals surface area contributed by atoms with E-state index < -0.39 is 0 Å². The molecular formula is C17H13ClN6O. The molecule has 0 fully saturated rings. The van der Waals surface area contributed by atoms with Gasteiger partial charge < -0.3 is 5.32 Å². The molecule has 4 aromatic rings. The van der Waals surface area contributed by atoms with Crippen LogP contribution in [0, 0.1) is 0 Å². The van der Waals surface area contributed by atoms with Gasteiger partial charge in [0.1, 0.15) is 5.56 Å². The number of nitrogens with one attached hydrogen (secondary N) is 1. The molecule has 1 N–H and O–H groups in total. The maximum Gasteiger partial charge on any atom is 0.261 e. The lowest BCUT2D eigenvalue weighted by atomic mass is 10.2. The van der Waals surface area contributed by atoms with Gasteiger partial charge in [0.2, 0.25) is 0 Å². The predicted octanol–water partition coefficient (Wildman–Crippen LogP) is 2.88. The van der Waals surface area contributed by atoms with E-state index in [1.54, 1.807) is 40.1 Å². The summed E-state index contributed by atoms with van der Waals surface area (Å²) in [5.74, 6) is -0.286. The van der Waals surface area contributed by atoms with Crippen molar-refractivity contribution in [1.82, 2.24) is 24.4 Å². The van der Waals surface area contributed by atoms with Crippen LogP contribution < -0.4 is 5.32 Å². The Morgan fingerprint density at radius 2 is 2.04 bits per heavy atom. The number of benzene rings is 1. The van der Waals surface area contributed by atoms with E-state index in [1.807, 2.05) is 24.3 Å². The van der Waals surface area contributed by atoms with Crippen LogP contribution in [0.5, 0.6) is 0 Å². The van der Waals surface area contributed by atoms with Crippen LogP contribution >= 0.6 is 11.6 Å². The highest BCUT2D eigenvalue weighted by Gasteiger charge is 2.14. The highest BCUT2D eigenvalue weighted by Crippen LogP contribution is 2.17. The maximum atomic E-state index is 12.4. The number of hydrogen-bond donors (Lipinski definition) is 1. The van der Waals surface area contributed by atoms with E-state index in [0.717, 1.165) is 5.56 Å². The normalized spacial score (nSPS) is 10.9. The molecule has 0 unspecified atom stereocenters. The van der Waals surface area contributed by atoms with Crippen LogP contribution in [0.3, 0.4) is 0 Å². The quantitative estimate of drug-likeness (QED) is 0.612. The van der Waals surface area contributed by atoms with Gasteiger partial charge in [0.25, 0.3) is 5.91 Å². The van der Waals surface area contributed by atoms with E-state index in [2.05, 4.69) is 20.5 Å². The van der Waals surface area contributed by atoms with Crippen molar-refractivity contribution >= 4 is 28.8 Å². The second-order valence-electron chi connectivity index (χ2n) is 5.42. The molecule has 1 aromatic carbocycles. The number of hydrogen-bond acceptors (Lipinski definition) is 4. The number of rotatable bonds is 4. The Kier molecular flexibility index (Phi) is 3.91. The summed E-state index contributed by atoms with van der Waals surface area (Å²) in [5.41, 5.74) is 2.45. The lowest BCUT2D eigenvalue weighted by Gasteiger charge is -2.04. The standard InChI is InChI=1S/C17H13ClN6O/c18-15-5-2-1-4-12(15)10-23-11-13(8-20-23)22-17(25)14-9-21-24-7-3-6-19-16(14)24/h1-9,11H,10H2,(H,22,25). The third-order valence-corrected chi connectivity index (χ3v) is 4.07. The van der Waals surface area contributed by atoms with Crippen LogP contribution in [-0.4, -0.2) is 30.3 Å². The molecule has 3 heterocycles. The van der Waals surface area contributed by atoms with Crippen molar-refractivity contribution in [2.45, 2.75) is 6.54 Å². The van der Waals surface area contributed by atoms with Crippen LogP contribution in [0.15, 0.2) is 61.3 Å². The van der Waals surface area contributed by atoms with Crippen LogP contribution in [0.1, 0.15) is 15.9 Å². The van der Waals surface area contributed by atoms with Crippen molar-refractivity contribution in [2.24, 2.45) is 0 Å². The minimum absolute atomic E-state index is 0.286. The van der Waals surface area contributed by atoms with Crippen LogP contribution in [0.25, 0.3) is 5.65 Å². The number of aromatic nitrogens is 5. The summed E-state index contributed by atoms with van der Waals surface area (Å²) >= 11 is 6.16. The molecule has 7 nitrogen and oxygen atoms in total. The van der Waals surface area contributed by atoms with Gasteiger partial charge in [-0.25, -0.2) is 9.50 Å². The van der Waals surface area contributed by atoms with Gasteiger partial charge in [-0.2, -0.15) is 10.2 Å². The number of carbonyl (C=O) groups is 1. The molecule has 0 saturated carbocycles. The predicted molar refractivity (Wildman–Crippen MR) is 93.7 cm³/mol. The first kappa shape index (κ1) is 15.3. The number of carbonyl (C=O) groups excluding carboxylic acids is 1. The third kappa shape index (κ3) is 3.09. The Labute approximate surface area is 147 Å². The first-order valence-corrected chi connectivity index (χ1v) is 7.94. The molecule has 0 aliphatic carbocycles. The Morgan fingerprint density at radius 3 is 2.92 bits per heavy atom. The SMILES string of the molecule is O=C(Nc1cnn(Cc2ccccc2Cl)c1)c1cnn2cccnc12. The molecule has 8 heteroatoms. The monoisotopic (exact) mass is 352 g/mol. The molecular weight excluding hydrogens is 340 g/mol. The topological polar surface area (TPSA) is 77.1 Å². The van der Waals surface area contributed by atoms with Crippen molar-refractivity contribution in [3.05, 3.63) is 77.5 Å². The van der Waals surface area contributed by atoms with E-state index in [4.69, 9.17) is 11.6 Å². The lowest BCUT2D eigenvalue weighted by molar-refractivity contribution is 0.102. The summed E-state index contributed by atoms with van der Waals surface area (Å²) in [7, 11) is 0. The summed E-state index contributed by atoms with van der Waals surface area (Å²) in [6.45, 7) is 0.522. The van der Waals surface area contributed by atoms with E-state index in [9.17, 15) is 4.79 Å². The first-order chi connectivity index (χ1) is 12.2. The van der Waals surface area contributed by atoms with E-state index in [-0.39, 0.29) is 5.91 Å². The van der Waals surface area contributed by atoms with Crippen molar-refractivity contribution in [3.63, 3.8) is 0 Å². The first-order valence-electron chi connectivity index (χ1n) is 7.56. The van der Waals surface area contributed by atoms with Gasteiger partial charge in [0.05, 0.1) is 24.6 Å². The Balaban J connectivity index is 1.51. The molecule has 0 bridgehead atoms. The van der Waals surface area contributed by atoms with Gasteiger partial charge in [-0.15, -0.1) is 0 Å². The van der Waals surface area contributed by atoms with Crippen molar-refractivity contribution < 1.29 is 4.79 Å². The van der Waals surface area contributed by atoms with Gasteiger partial charge >= 0.3 is 0 Å². The Morgan fingerprint density at radius 1 is 1.16 bits per heavy atom. The van der Waals surface area contributed by atoms with Gasteiger partial charge in [0, 0.05) is 23.6 Å². The average molecular weight is 353 g/mol. The van der Waals surface area contributed by atoms with Gasteiger partial charge in [-0.1, -0.05) is 29.8 Å². The molecule has 4 rings (SSSR count). The Hall–Kier alpha value is -3.19. The minimum atomic E-state index is -0.286. The molecule has 0 aliphatic heterocycles. The second-order valence-corrected chi connectivity index (χ2v) is 5.83. The summed E-state index contributed by atoms with van der Waals surface area (Å²) in [5, 5.41) is 11.9. The summed E-state index contributed by atoms with van der Waals surface area (Å²) in [4.78, 5) is 16.6. The average Bonchev–Trinajstić information content (AvgIpc) is 3.23. The molecule has 124 valence electrons. The molecule has 0 radical (unpaired) electrons. The third-order valence-electron chi connectivity index (χ3n) is 3.71. The molecule has 3 aromatic heterocycles. The number of amides is 1. The fourth-order valence-corrected chi connectivity index (χ4v) is 2.70. The summed E-state index contributed by atoms with van der Waals surface area (Å²) in [6.07, 6.45) is 8.19. The summed E-state index contributed by atoms with van der Waals surface area (Å²) in [6, 6.07) is 9.32. The van der Waals surface area contributed by atoms with E-state index in [1.165, 1.54) is 6.20 Å². The van der Waals surface area contributed by atoms with Crippen LogP contribution in [0.4, 0.5) is 5.69 Å². The molecule has 25 heavy (non-hydrogen) atoms. The fraction of sp³-hybridized carbons (Fsp3) is 0.0588. The maximum absolute atomic E-state index is 12.4. The molecule has 0 saturated heterocycles. The fourth-order valence-electron chi connectivity index (χ4n) is 2.50. The lowest BCUT2D eigenvalue weighted by Crippen LogP contribution is -2.11. The van der Waals surface area contributed by atoms with Crippen molar-refractivity contribution in [1.29, 1.82) is 0 Å². The van der Waals surface area contributed by atoms with Crippen molar-refractivity contribution in [3.8, 4) is 0 Å². The number of fused-ring (bicyclic) bond motifs is 1. The number of anilines is 1. The smallest absolute Gasteiger partial charge is 0.261 e. The van der Waals surface area contributed by atoms with E-state index in [0.29, 0.717) is 28.5 Å². The zero-order chi connectivity index (χ0) is 17.2. The zero-order valence-corrected chi connectivity index (χ0v) is 13.8. The van der Waals surface area contributed by atoms with Crippen LogP contribution in [0.2, 0.25) is 5.02 Å². The van der Waals surface area contributed by atoms with Gasteiger partial charge in [-0.05, 0) is 17.7 Å². The molecule has 0 aliphatic rings. The summed E-state index contributed by atoms with van der Waals surface area (Å²) < 4.78 is 3.26. The highest BCUT2D eigenvalue weighted by molar-refractivity contribution is 6.31. The van der Waals surface area contributed by atoms with Crippen molar-refractivity contribution in [2.75, 3.05) is 5.32 Å². The van der Waals surface area contributed by atoms with Gasteiger partial charge in [0.15, 0.2) is 5.65 Å². The van der Waals surface area contributed by atoms with Crippen LogP contribution in [-0.2, 0) is 6.54 Å². The number of halogens is 1. The minimum Gasteiger partial charge on any atom is -0.319 e. The van der Waals surface area contributed by atoms with E-state index >= 15 is 0 Å². The van der Waals surface area contributed by atoms with Gasteiger partial charge in [-0.3, -0.25) is 9.48 Å². The highest BCUT2D eigenvalue weighted by atomic mass is 35.5. The molecule has 0 atom stereocenters. The number of nitrogens with zero attached hydrogens (tertiary/aromatic N) is 5.